The van der Waals surface area contributed by atoms with Crippen LogP contribution in [0.2, 0.25) is 5.02 Å². The summed E-state index contributed by atoms with van der Waals surface area (Å²) in [6, 6.07) is 5.70. The van der Waals surface area contributed by atoms with Gasteiger partial charge >= 0.3 is 5.97 Å². The first-order valence-corrected chi connectivity index (χ1v) is 8.35. The number of hydrogen-bond acceptors (Lipinski definition) is 3. The fraction of sp³-hybridized carbons (Fsp3) is 0.412. The number of carbonyl (C=O) groups is 1. The van der Waals surface area contributed by atoms with Crippen LogP contribution in [0, 0.1) is 0 Å². The van der Waals surface area contributed by atoms with E-state index in [1.165, 1.54) is 4.90 Å². The average molecular weight is 336 g/mol. The standard InChI is InChI=1S/C17H20ClN3O2/c1-3-23-17(22)14-11-19-15-5-4-12(18)10-13(15)16(14)21-8-6-20(2)7-9-21/h4-5,10-11H,3,6-9H2,1-2H3/p+2. The van der Waals surface area contributed by atoms with Gasteiger partial charge in [-0.2, -0.15) is 0 Å². The Hall–Kier alpha value is -1.85. The number of benzene rings is 1. The van der Waals surface area contributed by atoms with Crippen molar-refractivity contribution in [3.8, 4) is 0 Å². The van der Waals surface area contributed by atoms with Crippen LogP contribution in [0.1, 0.15) is 17.3 Å². The summed E-state index contributed by atoms with van der Waals surface area (Å²) in [6.45, 7) is 6.08. The van der Waals surface area contributed by atoms with Gasteiger partial charge in [0.1, 0.15) is 5.56 Å². The van der Waals surface area contributed by atoms with Crippen LogP contribution in [0.5, 0.6) is 0 Å². The van der Waals surface area contributed by atoms with E-state index in [1.54, 1.807) is 6.20 Å². The molecule has 0 spiro atoms. The lowest BCUT2D eigenvalue weighted by atomic mass is 10.1. The van der Waals surface area contributed by atoms with Crippen molar-refractivity contribution in [1.29, 1.82) is 0 Å². The lowest BCUT2D eigenvalue weighted by Crippen LogP contribution is -3.12. The molecule has 0 unspecified atom stereocenters. The first-order valence-electron chi connectivity index (χ1n) is 7.97. The van der Waals surface area contributed by atoms with Crippen molar-refractivity contribution in [1.82, 2.24) is 0 Å². The third-order valence-electron chi connectivity index (χ3n) is 4.29. The van der Waals surface area contributed by atoms with Crippen LogP contribution in [0.4, 0.5) is 5.69 Å². The highest BCUT2D eigenvalue weighted by Crippen LogP contribution is 2.30. The van der Waals surface area contributed by atoms with Gasteiger partial charge in [0.2, 0.25) is 5.52 Å². The van der Waals surface area contributed by atoms with Crippen molar-refractivity contribution in [3.05, 3.63) is 35.0 Å². The van der Waals surface area contributed by atoms with Crippen LogP contribution < -0.4 is 14.8 Å². The summed E-state index contributed by atoms with van der Waals surface area (Å²) in [5.41, 5.74) is 2.46. The van der Waals surface area contributed by atoms with Crippen LogP contribution >= 0.6 is 11.6 Å². The number of aromatic amines is 1. The highest BCUT2D eigenvalue weighted by Gasteiger charge is 2.27. The second-order valence-corrected chi connectivity index (χ2v) is 6.34. The minimum Gasteiger partial charge on any atom is -0.462 e. The van der Waals surface area contributed by atoms with E-state index in [1.807, 2.05) is 25.1 Å². The molecule has 2 aromatic rings. The van der Waals surface area contributed by atoms with Crippen molar-refractivity contribution in [3.63, 3.8) is 0 Å². The Morgan fingerprint density at radius 1 is 1.39 bits per heavy atom. The van der Waals surface area contributed by atoms with Crippen LogP contribution in [-0.2, 0) is 4.74 Å². The van der Waals surface area contributed by atoms with E-state index in [4.69, 9.17) is 16.3 Å². The maximum Gasteiger partial charge on any atom is 0.346 e. The number of rotatable bonds is 3. The van der Waals surface area contributed by atoms with Gasteiger partial charge in [-0.15, -0.1) is 0 Å². The Balaban J connectivity index is 2.14. The Bertz CT molecular complexity index is 727. The molecule has 6 heteroatoms. The molecule has 5 nitrogen and oxygen atoms in total. The zero-order valence-electron chi connectivity index (χ0n) is 13.5. The molecular weight excluding hydrogens is 314 g/mol. The summed E-state index contributed by atoms with van der Waals surface area (Å²) >= 11 is 6.19. The summed E-state index contributed by atoms with van der Waals surface area (Å²) in [5.74, 6) is -0.299. The monoisotopic (exact) mass is 335 g/mol. The SMILES string of the molecule is CCOC(=O)c1c[nH+]c2ccc(Cl)cc2c1N1CC[NH+](C)CC1. The van der Waals surface area contributed by atoms with E-state index >= 15 is 0 Å². The van der Waals surface area contributed by atoms with Crippen LogP contribution in [0.25, 0.3) is 10.9 Å². The number of anilines is 1. The number of carbonyl (C=O) groups excluding carboxylic acids is 1. The Morgan fingerprint density at radius 3 is 2.83 bits per heavy atom. The van der Waals surface area contributed by atoms with E-state index in [9.17, 15) is 4.79 Å². The molecule has 0 radical (unpaired) electrons. The quantitative estimate of drug-likeness (QED) is 0.845. The molecule has 1 aliphatic rings. The number of quaternary nitrogens is 1. The lowest BCUT2D eigenvalue weighted by molar-refractivity contribution is -0.880. The van der Waals surface area contributed by atoms with E-state index in [-0.39, 0.29) is 5.97 Å². The predicted molar refractivity (Wildman–Crippen MR) is 90.3 cm³/mol. The number of pyridine rings is 1. The molecule has 1 aliphatic heterocycles. The zero-order chi connectivity index (χ0) is 16.4. The highest BCUT2D eigenvalue weighted by atomic mass is 35.5. The van der Waals surface area contributed by atoms with Crippen LogP contribution in [-0.4, -0.2) is 45.8 Å². The molecule has 0 aliphatic carbocycles. The first kappa shape index (κ1) is 16.0. The fourth-order valence-electron chi connectivity index (χ4n) is 3.02. The molecule has 23 heavy (non-hydrogen) atoms. The number of ether oxygens (including phenoxy) is 1. The molecule has 0 saturated carbocycles. The summed E-state index contributed by atoms with van der Waals surface area (Å²) in [6.07, 6.45) is 1.74. The molecule has 2 heterocycles. The van der Waals surface area contributed by atoms with Gasteiger partial charge in [0.15, 0.2) is 6.20 Å². The topological polar surface area (TPSA) is 48.1 Å². The fourth-order valence-corrected chi connectivity index (χ4v) is 3.19. The number of nitrogens with one attached hydrogen (secondary N) is 2. The van der Waals surface area contributed by atoms with Crippen molar-refractivity contribution in [2.24, 2.45) is 0 Å². The third-order valence-corrected chi connectivity index (χ3v) is 4.53. The number of aromatic nitrogens is 1. The molecule has 122 valence electrons. The number of hydrogen-bond donors (Lipinski definition) is 1. The largest absolute Gasteiger partial charge is 0.462 e. The highest BCUT2D eigenvalue weighted by molar-refractivity contribution is 6.31. The van der Waals surface area contributed by atoms with Gasteiger partial charge in [0.05, 0.1) is 50.9 Å². The number of H-pyrrole nitrogens is 1. The van der Waals surface area contributed by atoms with E-state index in [0.717, 1.165) is 42.8 Å². The van der Waals surface area contributed by atoms with Gasteiger partial charge in [-0.25, -0.2) is 9.78 Å². The number of fused-ring (bicyclic) bond motifs is 1. The Kier molecular flexibility index (Phi) is 4.68. The maximum atomic E-state index is 12.4. The maximum absolute atomic E-state index is 12.4. The summed E-state index contributed by atoms with van der Waals surface area (Å²) in [4.78, 5) is 19.3. The van der Waals surface area contributed by atoms with E-state index in [2.05, 4.69) is 16.9 Å². The predicted octanol–water partition coefficient (Wildman–Crippen LogP) is 0.819. The minimum atomic E-state index is -0.299. The van der Waals surface area contributed by atoms with Gasteiger partial charge in [0, 0.05) is 11.1 Å². The molecule has 1 fully saturated rings. The van der Waals surface area contributed by atoms with Crippen LogP contribution in [0.3, 0.4) is 0 Å². The smallest absolute Gasteiger partial charge is 0.346 e. The van der Waals surface area contributed by atoms with Gasteiger partial charge in [-0.3, -0.25) is 0 Å². The van der Waals surface area contributed by atoms with Crippen molar-refractivity contribution < 1.29 is 19.4 Å². The number of nitrogens with zero attached hydrogens (tertiary/aromatic N) is 1. The first-order chi connectivity index (χ1) is 11.1. The molecular formula is C17H22ClN3O2+2. The third kappa shape index (κ3) is 3.26. The van der Waals surface area contributed by atoms with Gasteiger partial charge in [-0.05, 0) is 19.1 Å². The molecule has 0 bridgehead atoms. The normalized spacial score (nSPS) is 15.9. The second-order valence-electron chi connectivity index (χ2n) is 5.91. The molecule has 1 aromatic heterocycles. The zero-order valence-corrected chi connectivity index (χ0v) is 14.2. The molecule has 1 aromatic carbocycles. The Morgan fingerprint density at radius 2 is 2.13 bits per heavy atom. The number of halogens is 1. The minimum absolute atomic E-state index is 0.299. The average Bonchev–Trinajstić information content (AvgIpc) is 2.55. The summed E-state index contributed by atoms with van der Waals surface area (Å²) in [7, 11) is 2.19. The second kappa shape index (κ2) is 6.72. The van der Waals surface area contributed by atoms with Crippen molar-refractivity contribution in [2.45, 2.75) is 6.92 Å². The molecule has 0 atom stereocenters. The van der Waals surface area contributed by atoms with Crippen LogP contribution in [0.15, 0.2) is 24.4 Å². The number of esters is 1. The van der Waals surface area contributed by atoms with Crippen molar-refractivity contribution in [2.75, 3.05) is 44.7 Å². The molecule has 2 N–H and O–H groups in total. The molecule has 0 amide bonds. The Labute approximate surface area is 140 Å². The van der Waals surface area contributed by atoms with Gasteiger partial charge in [-0.1, -0.05) is 11.6 Å². The lowest BCUT2D eigenvalue weighted by Gasteiger charge is -2.32. The molecule has 1 saturated heterocycles. The molecule has 3 rings (SSSR count). The summed E-state index contributed by atoms with van der Waals surface area (Å²) < 4.78 is 5.24. The van der Waals surface area contributed by atoms with Crippen molar-refractivity contribution >= 4 is 34.2 Å². The number of piperazine rings is 1. The van der Waals surface area contributed by atoms with E-state index < -0.39 is 0 Å². The van der Waals surface area contributed by atoms with Gasteiger partial charge < -0.3 is 14.5 Å². The van der Waals surface area contributed by atoms with Gasteiger partial charge in [0.25, 0.3) is 0 Å². The summed E-state index contributed by atoms with van der Waals surface area (Å²) in [5, 5.41) is 1.62. The van der Waals surface area contributed by atoms with E-state index in [0.29, 0.717) is 17.2 Å². The number of likely N-dealkylation sites (N-methyl/N-ethyl adjacent to an activating group) is 1.